The highest BCUT2D eigenvalue weighted by molar-refractivity contribution is 6.37. The molecule has 4 heteroatoms. The average Bonchev–Trinajstić information content (AvgIpc) is 2.83. The molecule has 0 saturated heterocycles. The molecule has 0 fully saturated rings. The standard InChI is InChI=1S/C23H26N2O2/c1-13(2)25-22(26)20(18-11-10-14(3)12-16(18)5)21(23(25)27)24-19-9-7-8-15(4)17(19)6/h7-13,24H,1-6H3. The highest BCUT2D eigenvalue weighted by atomic mass is 16.2. The van der Waals surface area contributed by atoms with Gasteiger partial charge >= 0.3 is 0 Å². The number of nitrogens with zero attached hydrogens (tertiary/aromatic N) is 1. The maximum absolute atomic E-state index is 13.2. The summed E-state index contributed by atoms with van der Waals surface area (Å²) >= 11 is 0. The number of hydrogen-bond donors (Lipinski definition) is 1. The number of nitrogens with one attached hydrogen (secondary N) is 1. The van der Waals surface area contributed by atoms with Crippen LogP contribution >= 0.6 is 0 Å². The van der Waals surface area contributed by atoms with E-state index in [4.69, 9.17) is 0 Å². The molecule has 2 aromatic carbocycles. The summed E-state index contributed by atoms with van der Waals surface area (Å²) in [7, 11) is 0. The number of carbonyl (C=O) groups excluding carboxylic acids is 2. The van der Waals surface area contributed by atoms with Crippen LogP contribution in [-0.2, 0) is 9.59 Å². The van der Waals surface area contributed by atoms with Gasteiger partial charge in [-0.15, -0.1) is 0 Å². The predicted molar refractivity (Wildman–Crippen MR) is 109 cm³/mol. The molecule has 1 heterocycles. The molecular formula is C23H26N2O2. The summed E-state index contributed by atoms with van der Waals surface area (Å²) in [4.78, 5) is 27.6. The summed E-state index contributed by atoms with van der Waals surface area (Å²) in [5.41, 5.74) is 6.75. The van der Waals surface area contributed by atoms with Gasteiger partial charge in [0.1, 0.15) is 5.70 Å². The van der Waals surface area contributed by atoms with Crippen LogP contribution in [0.15, 0.2) is 42.1 Å². The molecular weight excluding hydrogens is 336 g/mol. The average molecular weight is 362 g/mol. The van der Waals surface area contributed by atoms with Crippen molar-refractivity contribution in [2.75, 3.05) is 5.32 Å². The van der Waals surface area contributed by atoms with E-state index in [-0.39, 0.29) is 17.9 Å². The van der Waals surface area contributed by atoms with Gasteiger partial charge in [0.25, 0.3) is 11.8 Å². The smallest absolute Gasteiger partial charge is 0.278 e. The Balaban J connectivity index is 2.19. The van der Waals surface area contributed by atoms with Crippen molar-refractivity contribution in [3.05, 3.63) is 69.9 Å². The van der Waals surface area contributed by atoms with E-state index in [1.165, 1.54) is 4.90 Å². The van der Waals surface area contributed by atoms with Crippen molar-refractivity contribution < 1.29 is 9.59 Å². The van der Waals surface area contributed by atoms with Gasteiger partial charge in [0, 0.05) is 11.7 Å². The van der Waals surface area contributed by atoms with Gasteiger partial charge in [-0.3, -0.25) is 14.5 Å². The van der Waals surface area contributed by atoms with E-state index in [0.717, 1.165) is 33.5 Å². The normalized spacial score (nSPS) is 14.6. The summed E-state index contributed by atoms with van der Waals surface area (Å²) in [6, 6.07) is 11.6. The van der Waals surface area contributed by atoms with Crippen molar-refractivity contribution in [2.45, 2.75) is 47.6 Å². The van der Waals surface area contributed by atoms with Crippen LogP contribution in [0.1, 0.15) is 41.7 Å². The molecule has 0 unspecified atom stereocenters. The summed E-state index contributed by atoms with van der Waals surface area (Å²) in [6.45, 7) is 11.7. The van der Waals surface area contributed by atoms with Crippen LogP contribution in [0.5, 0.6) is 0 Å². The fraction of sp³-hybridized carbons (Fsp3) is 0.304. The van der Waals surface area contributed by atoms with Crippen LogP contribution in [0, 0.1) is 27.7 Å². The lowest BCUT2D eigenvalue weighted by Crippen LogP contribution is -2.38. The molecule has 0 saturated carbocycles. The molecule has 3 rings (SSSR count). The lowest BCUT2D eigenvalue weighted by Gasteiger charge is -2.19. The van der Waals surface area contributed by atoms with Gasteiger partial charge < -0.3 is 5.32 Å². The lowest BCUT2D eigenvalue weighted by atomic mass is 9.97. The third kappa shape index (κ3) is 3.27. The molecule has 2 aromatic rings. The fourth-order valence-corrected chi connectivity index (χ4v) is 3.50. The Morgan fingerprint density at radius 3 is 2.22 bits per heavy atom. The molecule has 0 aromatic heterocycles. The fourth-order valence-electron chi connectivity index (χ4n) is 3.50. The van der Waals surface area contributed by atoms with Gasteiger partial charge in [-0.1, -0.05) is 35.9 Å². The van der Waals surface area contributed by atoms with Crippen LogP contribution in [0.3, 0.4) is 0 Å². The van der Waals surface area contributed by atoms with E-state index in [0.29, 0.717) is 11.3 Å². The predicted octanol–water partition coefficient (Wildman–Crippen LogP) is 4.52. The largest absolute Gasteiger partial charge is 0.350 e. The Morgan fingerprint density at radius 2 is 1.59 bits per heavy atom. The monoisotopic (exact) mass is 362 g/mol. The number of rotatable bonds is 4. The first-order valence-corrected chi connectivity index (χ1v) is 9.25. The second-order valence-corrected chi connectivity index (χ2v) is 7.51. The van der Waals surface area contributed by atoms with Crippen LogP contribution in [-0.4, -0.2) is 22.8 Å². The number of anilines is 1. The second kappa shape index (κ2) is 7.03. The minimum atomic E-state index is -0.272. The van der Waals surface area contributed by atoms with E-state index < -0.39 is 0 Å². The SMILES string of the molecule is Cc1ccc(C2=C(Nc3cccc(C)c3C)C(=O)N(C(C)C)C2=O)c(C)c1. The Hall–Kier alpha value is -2.88. The van der Waals surface area contributed by atoms with Crippen molar-refractivity contribution in [1.29, 1.82) is 0 Å². The Bertz CT molecular complexity index is 970. The van der Waals surface area contributed by atoms with E-state index in [9.17, 15) is 9.59 Å². The molecule has 1 aliphatic heterocycles. The summed E-state index contributed by atoms with van der Waals surface area (Å²) in [6.07, 6.45) is 0. The molecule has 2 amide bonds. The first kappa shape index (κ1) is 18.9. The topological polar surface area (TPSA) is 49.4 Å². The summed E-state index contributed by atoms with van der Waals surface area (Å²) < 4.78 is 0. The molecule has 140 valence electrons. The quantitative estimate of drug-likeness (QED) is 0.814. The highest BCUT2D eigenvalue weighted by Crippen LogP contribution is 2.34. The zero-order valence-electron chi connectivity index (χ0n) is 16.8. The van der Waals surface area contributed by atoms with Crippen molar-refractivity contribution in [3.63, 3.8) is 0 Å². The molecule has 4 nitrogen and oxygen atoms in total. The van der Waals surface area contributed by atoms with Gasteiger partial charge in [0.2, 0.25) is 0 Å². The first-order valence-electron chi connectivity index (χ1n) is 9.25. The minimum absolute atomic E-state index is 0.205. The number of imide groups is 1. The van der Waals surface area contributed by atoms with E-state index in [2.05, 4.69) is 5.32 Å². The minimum Gasteiger partial charge on any atom is -0.350 e. The molecule has 27 heavy (non-hydrogen) atoms. The maximum Gasteiger partial charge on any atom is 0.278 e. The molecule has 0 spiro atoms. The van der Waals surface area contributed by atoms with Crippen LogP contribution in [0.25, 0.3) is 5.57 Å². The van der Waals surface area contributed by atoms with Crippen LogP contribution in [0.4, 0.5) is 5.69 Å². The summed E-state index contributed by atoms with van der Waals surface area (Å²) in [5.74, 6) is -0.513. The van der Waals surface area contributed by atoms with Crippen molar-refractivity contribution in [3.8, 4) is 0 Å². The van der Waals surface area contributed by atoms with E-state index in [1.54, 1.807) is 0 Å². The van der Waals surface area contributed by atoms with Crippen LogP contribution in [0.2, 0.25) is 0 Å². The Kier molecular flexibility index (Phi) is 4.92. The highest BCUT2D eigenvalue weighted by Gasteiger charge is 2.41. The molecule has 1 N–H and O–H groups in total. The molecule has 0 atom stereocenters. The van der Waals surface area contributed by atoms with Crippen molar-refractivity contribution in [2.24, 2.45) is 0 Å². The molecule has 0 bridgehead atoms. The third-order valence-electron chi connectivity index (χ3n) is 5.15. The summed E-state index contributed by atoms with van der Waals surface area (Å²) in [5, 5.41) is 3.27. The second-order valence-electron chi connectivity index (χ2n) is 7.51. The third-order valence-corrected chi connectivity index (χ3v) is 5.15. The van der Waals surface area contributed by atoms with Gasteiger partial charge in [-0.2, -0.15) is 0 Å². The van der Waals surface area contributed by atoms with E-state index >= 15 is 0 Å². The van der Waals surface area contributed by atoms with Gasteiger partial charge in [0.15, 0.2) is 0 Å². The van der Waals surface area contributed by atoms with Gasteiger partial charge in [0.05, 0.1) is 5.57 Å². The molecule has 1 aliphatic rings. The Labute approximate surface area is 160 Å². The Morgan fingerprint density at radius 1 is 0.889 bits per heavy atom. The maximum atomic E-state index is 13.2. The number of benzene rings is 2. The van der Waals surface area contributed by atoms with Gasteiger partial charge in [-0.05, 0) is 69.9 Å². The lowest BCUT2D eigenvalue weighted by molar-refractivity contribution is -0.138. The van der Waals surface area contributed by atoms with Crippen molar-refractivity contribution in [1.82, 2.24) is 4.90 Å². The molecule has 0 radical (unpaired) electrons. The first-order chi connectivity index (χ1) is 12.7. The number of aryl methyl sites for hydroxylation is 3. The van der Waals surface area contributed by atoms with Crippen LogP contribution < -0.4 is 5.32 Å². The molecule has 0 aliphatic carbocycles. The van der Waals surface area contributed by atoms with Crippen molar-refractivity contribution >= 4 is 23.1 Å². The van der Waals surface area contributed by atoms with Gasteiger partial charge in [-0.25, -0.2) is 0 Å². The number of amides is 2. The zero-order chi connectivity index (χ0) is 19.9. The number of carbonyl (C=O) groups is 2. The van der Waals surface area contributed by atoms with E-state index in [1.807, 2.05) is 77.9 Å². The number of hydrogen-bond acceptors (Lipinski definition) is 3. The zero-order valence-corrected chi connectivity index (χ0v) is 16.8.